The molecule has 0 aromatic rings. The van der Waals surface area contributed by atoms with Gasteiger partial charge in [0.25, 0.3) is 6.29 Å². The van der Waals surface area contributed by atoms with Crippen LogP contribution in [0.15, 0.2) is 0 Å². The topological polar surface area (TPSA) is 167 Å². The van der Waals surface area contributed by atoms with Crippen molar-refractivity contribution in [2.45, 2.75) is 124 Å². The molecule has 227 valence electrons. The lowest BCUT2D eigenvalue weighted by Gasteiger charge is -2.45. The molecule has 1 aliphatic heterocycles. The molecule has 0 aromatic carbocycles. The Morgan fingerprint density at radius 2 is 1.07 bits per heavy atom. The van der Waals surface area contributed by atoms with E-state index in [-0.39, 0.29) is 25.7 Å². The Kier molecular flexibility index (Phi) is 15.8. The van der Waals surface area contributed by atoms with E-state index in [1.54, 1.807) is 27.7 Å². The molecule has 1 aliphatic rings. The van der Waals surface area contributed by atoms with Crippen LogP contribution in [0.2, 0.25) is 0 Å². The molecule has 0 aromatic heterocycles. The largest absolute Gasteiger partial charge is 0.463 e. The van der Waals surface area contributed by atoms with Gasteiger partial charge in [-0.15, -0.1) is 0 Å². The Bertz CT molecular complexity index is 854. The van der Waals surface area contributed by atoms with Gasteiger partial charge < -0.3 is 33.2 Å². The first-order valence-corrected chi connectivity index (χ1v) is 13.6. The van der Waals surface area contributed by atoms with Gasteiger partial charge in [-0.25, -0.2) is 0 Å². The molecule has 13 nitrogen and oxygen atoms in total. The number of esters is 6. The molecule has 0 N–H and O–H groups in total. The van der Waals surface area contributed by atoms with Crippen molar-refractivity contribution in [3.8, 4) is 0 Å². The van der Waals surface area contributed by atoms with Gasteiger partial charge >= 0.3 is 35.8 Å². The number of rotatable bonds is 16. The molecule has 1 rings (SSSR count). The maximum Gasteiger partial charge on any atom is 0.306 e. The zero-order valence-corrected chi connectivity index (χ0v) is 24.1. The van der Waals surface area contributed by atoms with Gasteiger partial charge in [0.15, 0.2) is 18.3 Å². The van der Waals surface area contributed by atoms with Gasteiger partial charge in [-0.2, -0.15) is 0 Å². The number of carbonyl (C=O) groups excluding carboxylic acids is 6. The summed E-state index contributed by atoms with van der Waals surface area (Å²) < 4.78 is 38.5. The van der Waals surface area contributed by atoms with E-state index in [4.69, 9.17) is 33.2 Å². The van der Waals surface area contributed by atoms with E-state index in [1.807, 2.05) is 0 Å². The second-order valence-electron chi connectivity index (χ2n) is 9.11. The van der Waals surface area contributed by atoms with Crippen LogP contribution in [-0.2, 0) is 61.9 Å². The summed E-state index contributed by atoms with van der Waals surface area (Å²) in [6, 6.07) is 0. The minimum absolute atomic E-state index is 0.00878. The molecule has 0 unspecified atom stereocenters. The van der Waals surface area contributed by atoms with E-state index < -0.39 is 79.2 Å². The quantitative estimate of drug-likeness (QED) is 0.150. The maximum atomic E-state index is 12.7. The van der Waals surface area contributed by atoms with Gasteiger partial charge in [0.2, 0.25) is 6.10 Å². The summed E-state index contributed by atoms with van der Waals surface area (Å²) in [7, 11) is 0. The molecule has 1 saturated heterocycles. The van der Waals surface area contributed by atoms with Crippen LogP contribution >= 0.6 is 0 Å². The Labute approximate surface area is 234 Å². The third-order valence-corrected chi connectivity index (χ3v) is 5.35. The van der Waals surface area contributed by atoms with E-state index in [1.165, 1.54) is 0 Å². The van der Waals surface area contributed by atoms with Crippen molar-refractivity contribution in [2.24, 2.45) is 0 Å². The summed E-state index contributed by atoms with van der Waals surface area (Å²) >= 11 is 0. The molecule has 0 spiro atoms. The standard InChI is InChI=1S/C27H41O13/c1-7-11-19(30)34-15-18-23(38-20(31)12-8-2)24(39-21(32)13-9-3)25(40-22(33)14-10-4)26(37-18)27(35-16(5)28)36-17(6)29/h18,23-25,27H,7-15H2,1-6H3/t18-,23-,24+,25+/m1/s1. The highest BCUT2D eigenvalue weighted by Gasteiger charge is 2.57. The average molecular weight is 574 g/mol. The molecule has 0 saturated carbocycles. The van der Waals surface area contributed by atoms with Crippen molar-refractivity contribution in [2.75, 3.05) is 6.61 Å². The van der Waals surface area contributed by atoms with Gasteiger partial charge in [0.1, 0.15) is 12.7 Å². The van der Waals surface area contributed by atoms with Crippen LogP contribution < -0.4 is 0 Å². The highest BCUT2D eigenvalue weighted by atomic mass is 16.7. The molecule has 1 fully saturated rings. The Balaban J connectivity index is 3.68. The lowest BCUT2D eigenvalue weighted by atomic mass is 9.93. The number of carbonyl (C=O) groups is 6. The molecule has 13 heteroatoms. The summed E-state index contributed by atoms with van der Waals surface area (Å²) in [6.07, 6.45) is -6.29. The molecule has 40 heavy (non-hydrogen) atoms. The second-order valence-corrected chi connectivity index (χ2v) is 9.11. The van der Waals surface area contributed by atoms with E-state index in [9.17, 15) is 28.8 Å². The zero-order valence-electron chi connectivity index (χ0n) is 24.1. The summed E-state index contributed by atoms with van der Waals surface area (Å²) in [5.41, 5.74) is 0. The van der Waals surface area contributed by atoms with Crippen molar-refractivity contribution >= 4 is 35.8 Å². The van der Waals surface area contributed by atoms with Crippen LogP contribution in [0.1, 0.15) is 92.9 Å². The summed E-state index contributed by atoms with van der Waals surface area (Å²) in [5.74, 6) is -4.43. The molecule has 1 radical (unpaired) electrons. The van der Waals surface area contributed by atoms with E-state index >= 15 is 0 Å². The highest BCUT2D eigenvalue weighted by molar-refractivity contribution is 5.72. The van der Waals surface area contributed by atoms with Crippen LogP contribution in [0.3, 0.4) is 0 Å². The Morgan fingerprint density at radius 1 is 0.650 bits per heavy atom. The molecule has 1 heterocycles. The lowest BCUT2D eigenvalue weighted by molar-refractivity contribution is -0.258. The normalized spacial score (nSPS) is 20.8. The van der Waals surface area contributed by atoms with Crippen molar-refractivity contribution in [3.63, 3.8) is 0 Å². The number of hydrogen-bond acceptors (Lipinski definition) is 13. The second kappa shape index (κ2) is 18.2. The van der Waals surface area contributed by atoms with Crippen LogP contribution in [0.4, 0.5) is 0 Å². The van der Waals surface area contributed by atoms with Crippen molar-refractivity contribution in [1.82, 2.24) is 0 Å². The Hall–Kier alpha value is -3.22. The molecule has 0 bridgehead atoms. The smallest absolute Gasteiger partial charge is 0.306 e. The fourth-order valence-corrected chi connectivity index (χ4v) is 3.70. The molecule has 0 amide bonds. The number of ether oxygens (including phenoxy) is 7. The zero-order chi connectivity index (χ0) is 30.2. The summed E-state index contributed by atoms with van der Waals surface area (Å²) in [6.45, 7) is 8.64. The molecular formula is C27H41O13. The van der Waals surface area contributed by atoms with Crippen LogP contribution in [0, 0.1) is 6.10 Å². The average Bonchev–Trinajstić information content (AvgIpc) is 2.85. The maximum absolute atomic E-state index is 12.7. The van der Waals surface area contributed by atoms with Crippen molar-refractivity contribution in [1.29, 1.82) is 0 Å². The van der Waals surface area contributed by atoms with Gasteiger partial charge in [-0.3, -0.25) is 28.8 Å². The minimum Gasteiger partial charge on any atom is -0.463 e. The van der Waals surface area contributed by atoms with Gasteiger partial charge in [0, 0.05) is 39.5 Å². The van der Waals surface area contributed by atoms with E-state index in [0.29, 0.717) is 25.7 Å². The lowest BCUT2D eigenvalue weighted by Crippen LogP contribution is -2.62. The minimum atomic E-state index is -1.83. The molecule has 0 aliphatic carbocycles. The molecule has 4 atom stereocenters. The van der Waals surface area contributed by atoms with Crippen molar-refractivity contribution in [3.05, 3.63) is 6.10 Å². The molecular weight excluding hydrogens is 532 g/mol. The first-order valence-electron chi connectivity index (χ1n) is 13.6. The monoisotopic (exact) mass is 573 g/mol. The van der Waals surface area contributed by atoms with Crippen LogP contribution in [-0.4, -0.2) is 73.1 Å². The first-order chi connectivity index (χ1) is 19.0. The van der Waals surface area contributed by atoms with Crippen LogP contribution in [0.25, 0.3) is 0 Å². The van der Waals surface area contributed by atoms with Crippen molar-refractivity contribution < 1.29 is 61.9 Å². The predicted molar refractivity (Wildman–Crippen MR) is 136 cm³/mol. The number of hydrogen-bond donors (Lipinski definition) is 0. The third kappa shape index (κ3) is 11.9. The van der Waals surface area contributed by atoms with Gasteiger partial charge in [-0.1, -0.05) is 27.7 Å². The van der Waals surface area contributed by atoms with E-state index in [2.05, 4.69) is 0 Å². The third-order valence-electron chi connectivity index (χ3n) is 5.35. The first kappa shape index (κ1) is 34.8. The Morgan fingerprint density at radius 3 is 1.52 bits per heavy atom. The predicted octanol–water partition coefficient (Wildman–Crippen LogP) is 2.85. The SMILES string of the molecule is CCCC(=O)OC[C@H]1O[C](C(OC(C)=O)OC(C)=O)[C@@H](OC(=O)CCC)[C@@H](OC(=O)CCC)[C@@H]1OC(=O)CCC. The van der Waals surface area contributed by atoms with Crippen LogP contribution in [0.5, 0.6) is 0 Å². The summed E-state index contributed by atoms with van der Waals surface area (Å²) in [5, 5.41) is 0. The van der Waals surface area contributed by atoms with Gasteiger partial charge in [0.05, 0.1) is 0 Å². The fraction of sp³-hybridized carbons (Fsp3) is 0.741. The van der Waals surface area contributed by atoms with E-state index in [0.717, 1.165) is 13.8 Å². The van der Waals surface area contributed by atoms with Gasteiger partial charge in [-0.05, 0) is 25.7 Å². The fourth-order valence-electron chi connectivity index (χ4n) is 3.70. The summed E-state index contributed by atoms with van der Waals surface area (Å²) in [4.78, 5) is 73.9. The highest BCUT2D eigenvalue weighted by Crippen LogP contribution is 2.37.